The molecule has 2 N–H and O–H groups in total. The molecule has 0 radical (unpaired) electrons. The smallest absolute Gasteiger partial charge is 0.322 e. The van der Waals surface area contributed by atoms with Gasteiger partial charge in [-0.15, -0.1) is 0 Å². The Labute approximate surface area is 136 Å². The van der Waals surface area contributed by atoms with Gasteiger partial charge < -0.3 is 10.4 Å². The van der Waals surface area contributed by atoms with Crippen LogP contribution in [-0.2, 0) is 11.2 Å². The highest BCUT2D eigenvalue weighted by molar-refractivity contribution is 5.96. The number of hydrogen-bond donors (Lipinski definition) is 2. The third kappa shape index (κ3) is 4.95. The average molecular weight is 311 g/mol. The van der Waals surface area contributed by atoms with Crippen molar-refractivity contribution in [2.75, 3.05) is 6.54 Å². The number of benzene rings is 2. The molecule has 0 saturated heterocycles. The van der Waals surface area contributed by atoms with E-state index in [1.54, 1.807) is 12.1 Å². The normalized spacial score (nSPS) is 10.3. The Bertz CT molecular complexity index is 660. The van der Waals surface area contributed by atoms with Gasteiger partial charge in [0, 0.05) is 5.56 Å². The second-order valence-electron chi connectivity index (χ2n) is 5.45. The van der Waals surface area contributed by atoms with Crippen molar-refractivity contribution in [3.63, 3.8) is 0 Å². The molecule has 0 unspecified atom stereocenters. The topological polar surface area (TPSA) is 66.4 Å². The van der Waals surface area contributed by atoms with Crippen LogP contribution in [0.5, 0.6) is 0 Å². The van der Waals surface area contributed by atoms with E-state index in [9.17, 15) is 9.59 Å². The van der Waals surface area contributed by atoms with Gasteiger partial charge in [-0.3, -0.25) is 9.59 Å². The number of aryl methyl sites for hydroxylation is 1. The molecular formula is C19H21NO3. The number of rotatable bonds is 7. The van der Waals surface area contributed by atoms with Crippen LogP contribution in [0.15, 0.2) is 48.5 Å². The van der Waals surface area contributed by atoms with Crippen molar-refractivity contribution < 1.29 is 14.7 Å². The number of aliphatic carboxylic acids is 1. The summed E-state index contributed by atoms with van der Waals surface area (Å²) >= 11 is 0. The Kier molecular flexibility index (Phi) is 5.92. The largest absolute Gasteiger partial charge is 0.480 e. The number of carboxylic acid groups (broad SMARTS) is 1. The molecule has 4 nitrogen and oxygen atoms in total. The number of carboxylic acids is 1. The van der Waals surface area contributed by atoms with Crippen LogP contribution >= 0.6 is 0 Å². The van der Waals surface area contributed by atoms with E-state index >= 15 is 0 Å². The zero-order valence-electron chi connectivity index (χ0n) is 13.2. The number of amides is 1. The predicted octanol–water partition coefficient (Wildman–Crippen LogP) is 3.51. The molecule has 0 atom stereocenters. The highest BCUT2D eigenvalue weighted by atomic mass is 16.4. The van der Waals surface area contributed by atoms with Crippen molar-refractivity contribution in [1.82, 2.24) is 5.32 Å². The van der Waals surface area contributed by atoms with Crippen molar-refractivity contribution in [2.24, 2.45) is 0 Å². The molecule has 2 aromatic rings. The zero-order chi connectivity index (χ0) is 16.7. The van der Waals surface area contributed by atoms with Crippen molar-refractivity contribution in [2.45, 2.75) is 26.2 Å². The molecule has 0 spiro atoms. The first-order chi connectivity index (χ1) is 11.1. The maximum absolute atomic E-state index is 11.8. The van der Waals surface area contributed by atoms with E-state index in [2.05, 4.69) is 36.5 Å². The molecule has 0 aromatic heterocycles. The molecule has 2 aromatic carbocycles. The van der Waals surface area contributed by atoms with E-state index in [1.807, 2.05) is 12.1 Å². The molecule has 1 amide bonds. The summed E-state index contributed by atoms with van der Waals surface area (Å²) in [5.74, 6) is -1.44. The Morgan fingerprint density at radius 2 is 1.52 bits per heavy atom. The third-order valence-electron chi connectivity index (χ3n) is 3.65. The monoisotopic (exact) mass is 311 g/mol. The lowest BCUT2D eigenvalue weighted by Gasteiger charge is -2.06. The van der Waals surface area contributed by atoms with Gasteiger partial charge in [-0.25, -0.2) is 0 Å². The molecule has 120 valence electrons. The summed E-state index contributed by atoms with van der Waals surface area (Å²) in [7, 11) is 0. The van der Waals surface area contributed by atoms with Gasteiger partial charge >= 0.3 is 5.97 Å². The van der Waals surface area contributed by atoms with Gasteiger partial charge in [0.05, 0.1) is 0 Å². The molecule has 0 aliphatic carbocycles. The van der Waals surface area contributed by atoms with Crippen LogP contribution in [0.25, 0.3) is 11.1 Å². The molecule has 2 rings (SSSR count). The summed E-state index contributed by atoms with van der Waals surface area (Å²) in [6, 6.07) is 15.6. The first-order valence-electron chi connectivity index (χ1n) is 7.79. The van der Waals surface area contributed by atoms with Crippen LogP contribution in [0.3, 0.4) is 0 Å². The molecule has 0 saturated carbocycles. The predicted molar refractivity (Wildman–Crippen MR) is 90.5 cm³/mol. The van der Waals surface area contributed by atoms with Crippen molar-refractivity contribution in [3.8, 4) is 11.1 Å². The minimum atomic E-state index is -1.06. The van der Waals surface area contributed by atoms with Gasteiger partial charge in [0.25, 0.3) is 5.91 Å². The van der Waals surface area contributed by atoms with E-state index < -0.39 is 5.97 Å². The van der Waals surface area contributed by atoms with Gasteiger partial charge in [0.1, 0.15) is 6.54 Å². The van der Waals surface area contributed by atoms with Gasteiger partial charge in [-0.05, 0) is 41.7 Å². The molecule has 0 heterocycles. The number of carbonyl (C=O) groups excluding carboxylic acids is 1. The average Bonchev–Trinajstić information content (AvgIpc) is 2.58. The van der Waals surface area contributed by atoms with Gasteiger partial charge in [-0.1, -0.05) is 49.7 Å². The fourth-order valence-corrected chi connectivity index (χ4v) is 2.32. The maximum atomic E-state index is 11.8. The van der Waals surface area contributed by atoms with Crippen LogP contribution in [0.1, 0.15) is 35.7 Å². The van der Waals surface area contributed by atoms with E-state index in [1.165, 1.54) is 18.4 Å². The second kappa shape index (κ2) is 8.13. The number of carbonyl (C=O) groups is 2. The molecule has 0 fully saturated rings. The molecule has 23 heavy (non-hydrogen) atoms. The molecule has 0 bridgehead atoms. The summed E-state index contributed by atoms with van der Waals surface area (Å²) in [4.78, 5) is 22.2. The summed E-state index contributed by atoms with van der Waals surface area (Å²) in [6.45, 7) is 1.81. The van der Waals surface area contributed by atoms with E-state index in [4.69, 9.17) is 5.11 Å². The fourth-order valence-electron chi connectivity index (χ4n) is 2.32. The third-order valence-corrected chi connectivity index (χ3v) is 3.65. The Morgan fingerprint density at radius 3 is 2.04 bits per heavy atom. The van der Waals surface area contributed by atoms with Crippen molar-refractivity contribution >= 4 is 11.9 Å². The van der Waals surface area contributed by atoms with Crippen molar-refractivity contribution in [3.05, 3.63) is 59.7 Å². The maximum Gasteiger partial charge on any atom is 0.322 e. The Morgan fingerprint density at radius 1 is 0.957 bits per heavy atom. The van der Waals surface area contributed by atoms with E-state index in [-0.39, 0.29) is 12.5 Å². The molecule has 0 aliphatic rings. The standard InChI is InChI=1S/C19H21NO3/c1-2-3-4-14-5-7-15(8-6-14)16-9-11-17(12-10-16)19(23)20-13-18(21)22/h5-12H,2-4,13H2,1H3,(H,20,23)(H,21,22). The molecule has 4 heteroatoms. The van der Waals surface area contributed by atoms with Gasteiger partial charge in [0.2, 0.25) is 0 Å². The SMILES string of the molecule is CCCCc1ccc(-c2ccc(C(=O)NCC(=O)O)cc2)cc1. The highest BCUT2D eigenvalue weighted by Gasteiger charge is 2.07. The first kappa shape index (κ1) is 16.7. The highest BCUT2D eigenvalue weighted by Crippen LogP contribution is 2.21. The minimum absolute atomic E-state index is 0.375. The second-order valence-corrected chi connectivity index (χ2v) is 5.45. The number of hydrogen-bond acceptors (Lipinski definition) is 2. The Hall–Kier alpha value is -2.62. The van der Waals surface area contributed by atoms with Crippen LogP contribution in [0.4, 0.5) is 0 Å². The van der Waals surface area contributed by atoms with Crippen molar-refractivity contribution in [1.29, 1.82) is 0 Å². The van der Waals surface area contributed by atoms with Crippen LogP contribution in [0, 0.1) is 0 Å². The fraction of sp³-hybridized carbons (Fsp3) is 0.263. The lowest BCUT2D eigenvalue weighted by Crippen LogP contribution is -2.29. The number of unbranched alkanes of at least 4 members (excludes halogenated alkanes) is 1. The van der Waals surface area contributed by atoms with Crippen LogP contribution in [0.2, 0.25) is 0 Å². The summed E-state index contributed by atoms with van der Waals surface area (Å²) in [5.41, 5.74) is 3.92. The van der Waals surface area contributed by atoms with Crippen LogP contribution < -0.4 is 5.32 Å². The van der Waals surface area contributed by atoms with E-state index in [0.717, 1.165) is 17.5 Å². The molecular weight excluding hydrogens is 290 g/mol. The quantitative estimate of drug-likeness (QED) is 0.822. The summed E-state index contributed by atoms with van der Waals surface area (Å²) < 4.78 is 0. The summed E-state index contributed by atoms with van der Waals surface area (Å²) in [5, 5.41) is 10.9. The first-order valence-corrected chi connectivity index (χ1v) is 7.79. The molecule has 0 aliphatic heterocycles. The van der Waals surface area contributed by atoms with Crippen LogP contribution in [-0.4, -0.2) is 23.5 Å². The minimum Gasteiger partial charge on any atom is -0.480 e. The lowest BCUT2D eigenvalue weighted by molar-refractivity contribution is -0.135. The Balaban J connectivity index is 2.04. The number of nitrogens with one attached hydrogen (secondary N) is 1. The van der Waals surface area contributed by atoms with Gasteiger partial charge in [0.15, 0.2) is 0 Å². The van der Waals surface area contributed by atoms with E-state index in [0.29, 0.717) is 5.56 Å². The van der Waals surface area contributed by atoms with Gasteiger partial charge in [-0.2, -0.15) is 0 Å². The zero-order valence-corrected chi connectivity index (χ0v) is 13.2. The summed E-state index contributed by atoms with van der Waals surface area (Å²) in [6.07, 6.45) is 3.48. The lowest BCUT2D eigenvalue weighted by atomic mass is 10.0.